The molecule has 2 aromatic rings. The van der Waals surface area contributed by atoms with Gasteiger partial charge in [-0.3, -0.25) is 0 Å². The Morgan fingerprint density at radius 1 is 0.708 bits per heavy atom. The van der Waals surface area contributed by atoms with Crippen LogP contribution in [-0.4, -0.2) is 6.61 Å². The Morgan fingerprint density at radius 2 is 1.25 bits per heavy atom. The summed E-state index contributed by atoms with van der Waals surface area (Å²) >= 11 is 0. The second-order valence-corrected chi connectivity index (χ2v) is 4.63. The van der Waals surface area contributed by atoms with Crippen molar-refractivity contribution in [1.29, 1.82) is 0 Å². The van der Waals surface area contributed by atoms with E-state index in [4.69, 9.17) is 0 Å². The minimum absolute atomic E-state index is 0.403. The fourth-order valence-electron chi connectivity index (χ4n) is 2.13. The maximum absolute atomic E-state index is 13.1. The van der Waals surface area contributed by atoms with Gasteiger partial charge in [-0.25, -0.2) is 0 Å². The summed E-state index contributed by atoms with van der Waals surface area (Å²) in [6.07, 6.45) is -9.89. The SMILES string of the molecule is FC(F)Oc1ccc(C(F)(F)F)c(-c2ccccc2C(F)(F)F)c1. The van der Waals surface area contributed by atoms with Gasteiger partial charge in [0, 0.05) is 0 Å². The van der Waals surface area contributed by atoms with Crippen LogP contribution in [0.5, 0.6) is 5.75 Å². The average Bonchev–Trinajstić information content (AvgIpc) is 2.44. The molecular weight excluding hydrogens is 348 g/mol. The van der Waals surface area contributed by atoms with E-state index in [0.29, 0.717) is 24.3 Å². The quantitative estimate of drug-likeness (QED) is 0.614. The molecule has 0 spiro atoms. The molecular formula is C15H8F8O. The molecule has 2 aromatic carbocycles. The fourth-order valence-corrected chi connectivity index (χ4v) is 2.13. The minimum Gasteiger partial charge on any atom is -0.435 e. The summed E-state index contributed by atoms with van der Waals surface area (Å²) in [7, 11) is 0. The number of hydrogen-bond acceptors (Lipinski definition) is 1. The zero-order valence-corrected chi connectivity index (χ0v) is 11.6. The summed E-state index contributed by atoms with van der Waals surface area (Å²) in [5, 5.41) is 0. The first-order valence-corrected chi connectivity index (χ1v) is 6.33. The van der Waals surface area contributed by atoms with Crippen LogP contribution in [0, 0.1) is 0 Å². The fraction of sp³-hybridized carbons (Fsp3) is 0.200. The van der Waals surface area contributed by atoms with E-state index in [0.717, 1.165) is 18.2 Å². The van der Waals surface area contributed by atoms with Crippen molar-refractivity contribution in [3.63, 3.8) is 0 Å². The third-order valence-corrected chi connectivity index (χ3v) is 3.04. The average molecular weight is 356 g/mol. The van der Waals surface area contributed by atoms with Crippen molar-refractivity contribution in [3.05, 3.63) is 53.6 Å². The van der Waals surface area contributed by atoms with E-state index >= 15 is 0 Å². The molecule has 0 bridgehead atoms. The van der Waals surface area contributed by atoms with Crippen LogP contribution in [0.25, 0.3) is 11.1 Å². The molecule has 0 aliphatic carbocycles. The molecule has 0 aromatic heterocycles. The Kier molecular flexibility index (Phi) is 4.73. The van der Waals surface area contributed by atoms with Crippen molar-refractivity contribution in [2.45, 2.75) is 19.0 Å². The summed E-state index contributed by atoms with van der Waals surface area (Å²) in [4.78, 5) is 0. The molecule has 0 fully saturated rings. The van der Waals surface area contributed by atoms with Gasteiger partial charge < -0.3 is 4.74 Å². The Balaban J connectivity index is 2.72. The highest BCUT2D eigenvalue weighted by molar-refractivity contribution is 5.73. The summed E-state index contributed by atoms with van der Waals surface area (Å²) in [6, 6.07) is 5.11. The monoisotopic (exact) mass is 356 g/mol. The third-order valence-electron chi connectivity index (χ3n) is 3.04. The molecule has 0 radical (unpaired) electrons. The van der Waals surface area contributed by atoms with Crippen LogP contribution < -0.4 is 4.74 Å². The summed E-state index contributed by atoms with van der Waals surface area (Å²) < 4.78 is 107. The lowest BCUT2D eigenvalue weighted by molar-refractivity contribution is -0.139. The largest absolute Gasteiger partial charge is 0.435 e. The van der Waals surface area contributed by atoms with Crippen molar-refractivity contribution in [1.82, 2.24) is 0 Å². The van der Waals surface area contributed by atoms with Crippen LogP contribution >= 0.6 is 0 Å². The smallest absolute Gasteiger partial charge is 0.417 e. The Labute approximate surface area is 130 Å². The third kappa shape index (κ3) is 3.95. The van der Waals surface area contributed by atoms with Gasteiger partial charge in [0.25, 0.3) is 0 Å². The van der Waals surface area contributed by atoms with Crippen LogP contribution in [0.15, 0.2) is 42.5 Å². The number of ether oxygens (including phenoxy) is 1. The first-order chi connectivity index (χ1) is 11.0. The molecule has 0 N–H and O–H groups in total. The number of alkyl halides is 8. The van der Waals surface area contributed by atoms with Gasteiger partial charge in [-0.2, -0.15) is 35.1 Å². The lowest BCUT2D eigenvalue weighted by Gasteiger charge is -2.18. The molecule has 0 heterocycles. The van der Waals surface area contributed by atoms with Gasteiger partial charge >= 0.3 is 19.0 Å². The van der Waals surface area contributed by atoms with Crippen molar-refractivity contribution in [2.75, 3.05) is 0 Å². The predicted octanol–water partition coefficient (Wildman–Crippen LogP) is 5.99. The van der Waals surface area contributed by atoms with E-state index < -0.39 is 47.0 Å². The van der Waals surface area contributed by atoms with Gasteiger partial charge in [0.1, 0.15) is 5.75 Å². The maximum atomic E-state index is 13.1. The van der Waals surface area contributed by atoms with Crippen LogP contribution in [0.4, 0.5) is 35.1 Å². The second kappa shape index (κ2) is 6.29. The Hall–Kier alpha value is -2.32. The zero-order valence-electron chi connectivity index (χ0n) is 11.6. The summed E-state index contributed by atoms with van der Waals surface area (Å²) in [6.45, 7) is -3.33. The van der Waals surface area contributed by atoms with Gasteiger partial charge in [-0.1, -0.05) is 18.2 Å². The standard InChI is InChI=1S/C15H8F8O/c16-13(17)24-8-5-6-12(15(21,22)23)10(7-8)9-3-1-2-4-11(9)14(18,19)20/h1-7,13H. The van der Waals surface area contributed by atoms with E-state index in [9.17, 15) is 35.1 Å². The van der Waals surface area contributed by atoms with Crippen molar-refractivity contribution in [2.24, 2.45) is 0 Å². The molecule has 0 unspecified atom stereocenters. The van der Waals surface area contributed by atoms with E-state index in [1.54, 1.807) is 0 Å². The molecule has 0 saturated carbocycles. The highest BCUT2D eigenvalue weighted by atomic mass is 19.4. The van der Waals surface area contributed by atoms with E-state index in [-0.39, 0.29) is 0 Å². The molecule has 2 rings (SSSR count). The molecule has 1 nitrogen and oxygen atoms in total. The Bertz CT molecular complexity index is 718. The van der Waals surface area contributed by atoms with E-state index in [1.807, 2.05) is 0 Å². The zero-order chi connectivity index (χ0) is 18.1. The lowest BCUT2D eigenvalue weighted by Crippen LogP contribution is -2.12. The van der Waals surface area contributed by atoms with Gasteiger partial charge in [0.15, 0.2) is 0 Å². The van der Waals surface area contributed by atoms with Gasteiger partial charge in [-0.15, -0.1) is 0 Å². The number of benzene rings is 2. The van der Waals surface area contributed by atoms with Crippen LogP contribution in [-0.2, 0) is 12.4 Å². The molecule has 0 aliphatic rings. The first kappa shape index (κ1) is 18.0. The number of rotatable bonds is 3. The molecule has 0 amide bonds. The van der Waals surface area contributed by atoms with Gasteiger partial charge in [-0.05, 0) is 35.4 Å². The van der Waals surface area contributed by atoms with Gasteiger partial charge in [0.2, 0.25) is 0 Å². The van der Waals surface area contributed by atoms with E-state index in [1.165, 1.54) is 0 Å². The van der Waals surface area contributed by atoms with Crippen LogP contribution in [0.2, 0.25) is 0 Å². The maximum Gasteiger partial charge on any atom is 0.417 e. The number of halogens is 8. The predicted molar refractivity (Wildman–Crippen MR) is 68.5 cm³/mol. The minimum atomic E-state index is -4.97. The molecule has 0 aliphatic heterocycles. The molecule has 9 heteroatoms. The molecule has 0 atom stereocenters. The van der Waals surface area contributed by atoms with Crippen molar-refractivity contribution < 1.29 is 39.9 Å². The lowest BCUT2D eigenvalue weighted by atomic mass is 9.94. The molecule has 24 heavy (non-hydrogen) atoms. The summed E-state index contributed by atoms with van der Waals surface area (Å²) in [5.74, 6) is -0.676. The van der Waals surface area contributed by atoms with E-state index in [2.05, 4.69) is 4.74 Å². The topological polar surface area (TPSA) is 9.23 Å². The first-order valence-electron chi connectivity index (χ1n) is 6.33. The second-order valence-electron chi connectivity index (χ2n) is 4.63. The number of hydrogen-bond donors (Lipinski definition) is 0. The highest BCUT2D eigenvalue weighted by Crippen LogP contribution is 2.43. The van der Waals surface area contributed by atoms with Crippen molar-refractivity contribution in [3.8, 4) is 16.9 Å². The van der Waals surface area contributed by atoms with Crippen molar-refractivity contribution >= 4 is 0 Å². The van der Waals surface area contributed by atoms with Crippen LogP contribution in [0.1, 0.15) is 11.1 Å². The van der Waals surface area contributed by atoms with Crippen LogP contribution in [0.3, 0.4) is 0 Å². The molecule has 130 valence electrons. The summed E-state index contributed by atoms with van der Waals surface area (Å²) in [5.41, 5.74) is -4.38. The molecule has 0 saturated heterocycles. The van der Waals surface area contributed by atoms with Gasteiger partial charge in [0.05, 0.1) is 11.1 Å². The highest BCUT2D eigenvalue weighted by Gasteiger charge is 2.38. The Morgan fingerprint density at radius 3 is 1.79 bits per heavy atom. The normalized spacial score (nSPS) is 12.5.